The summed E-state index contributed by atoms with van der Waals surface area (Å²) < 4.78 is 0. The Labute approximate surface area is 83.0 Å². The van der Waals surface area contributed by atoms with E-state index in [2.05, 4.69) is 0 Å². The normalized spacial score (nSPS) is 10.7. The first-order chi connectivity index (χ1) is 6.86. The summed E-state index contributed by atoms with van der Waals surface area (Å²) in [5, 5.41) is 11.4. The van der Waals surface area contributed by atoms with Crippen LogP contribution >= 0.6 is 0 Å². The maximum atomic E-state index is 9.17. The maximum absolute atomic E-state index is 9.17. The molecular formula is C12H13NO. The van der Waals surface area contributed by atoms with Crippen LogP contribution in [0.15, 0.2) is 36.4 Å². The van der Waals surface area contributed by atoms with Gasteiger partial charge in [-0.25, -0.2) is 0 Å². The zero-order chi connectivity index (χ0) is 9.97. The van der Waals surface area contributed by atoms with Crippen molar-refractivity contribution in [1.82, 2.24) is 0 Å². The molecule has 0 aliphatic heterocycles. The number of rotatable bonds is 2. The summed E-state index contributed by atoms with van der Waals surface area (Å²) in [5.74, 6) is 0. The topological polar surface area (TPSA) is 46.2 Å². The second-order valence-corrected chi connectivity index (χ2v) is 3.29. The molecule has 0 saturated carbocycles. The van der Waals surface area contributed by atoms with E-state index in [9.17, 15) is 0 Å². The van der Waals surface area contributed by atoms with E-state index in [4.69, 9.17) is 10.8 Å². The number of aliphatic hydroxyl groups is 1. The quantitative estimate of drug-likeness (QED) is 0.753. The predicted molar refractivity (Wildman–Crippen MR) is 57.8 cm³/mol. The summed E-state index contributed by atoms with van der Waals surface area (Å²) >= 11 is 0. The van der Waals surface area contributed by atoms with Crippen LogP contribution in [0.25, 0.3) is 10.8 Å². The Bertz CT molecular complexity index is 409. The van der Waals surface area contributed by atoms with Crippen molar-refractivity contribution in [3.05, 3.63) is 47.5 Å². The van der Waals surface area contributed by atoms with Gasteiger partial charge in [-0.1, -0.05) is 36.4 Å². The minimum absolute atomic E-state index is 0.0748. The van der Waals surface area contributed by atoms with Crippen molar-refractivity contribution in [1.29, 1.82) is 0 Å². The molecule has 2 rings (SSSR count). The Hall–Kier alpha value is -1.38. The van der Waals surface area contributed by atoms with Crippen molar-refractivity contribution in [2.24, 2.45) is 5.73 Å². The molecule has 0 bridgehead atoms. The van der Waals surface area contributed by atoms with Gasteiger partial charge >= 0.3 is 0 Å². The van der Waals surface area contributed by atoms with E-state index in [1.54, 1.807) is 0 Å². The molecule has 0 saturated heterocycles. The van der Waals surface area contributed by atoms with Crippen LogP contribution < -0.4 is 5.73 Å². The Morgan fingerprint density at radius 1 is 0.929 bits per heavy atom. The van der Waals surface area contributed by atoms with E-state index in [1.165, 1.54) is 0 Å². The molecule has 0 amide bonds. The standard InChI is InChI=1S/C12H13NO/c13-7-9-5-6-10(8-14)12-4-2-1-3-11(9)12/h1-6,14H,7-8,13H2. The third kappa shape index (κ3) is 1.39. The third-order valence-electron chi connectivity index (χ3n) is 2.49. The average Bonchev–Trinajstić information content (AvgIpc) is 2.27. The summed E-state index contributed by atoms with van der Waals surface area (Å²) in [5.41, 5.74) is 7.72. The van der Waals surface area contributed by atoms with Gasteiger partial charge in [0.1, 0.15) is 0 Å². The number of aliphatic hydroxyl groups excluding tert-OH is 1. The number of hydrogen-bond acceptors (Lipinski definition) is 2. The van der Waals surface area contributed by atoms with Gasteiger partial charge in [0, 0.05) is 6.54 Å². The first kappa shape index (κ1) is 9.19. The highest BCUT2D eigenvalue weighted by molar-refractivity contribution is 5.88. The Kier molecular flexibility index (Phi) is 2.48. The SMILES string of the molecule is NCc1ccc(CO)c2ccccc12. The van der Waals surface area contributed by atoms with Crippen LogP contribution in [0, 0.1) is 0 Å². The molecule has 2 aromatic rings. The molecule has 0 unspecified atom stereocenters. The van der Waals surface area contributed by atoms with Crippen LogP contribution in [-0.4, -0.2) is 5.11 Å². The smallest absolute Gasteiger partial charge is 0.0687 e. The molecule has 2 aromatic carbocycles. The van der Waals surface area contributed by atoms with Crippen LogP contribution in [0.4, 0.5) is 0 Å². The van der Waals surface area contributed by atoms with E-state index in [0.29, 0.717) is 6.54 Å². The lowest BCUT2D eigenvalue weighted by atomic mass is 10.00. The van der Waals surface area contributed by atoms with E-state index in [-0.39, 0.29) is 6.61 Å². The van der Waals surface area contributed by atoms with Gasteiger partial charge in [0.15, 0.2) is 0 Å². The average molecular weight is 187 g/mol. The van der Waals surface area contributed by atoms with Crippen molar-refractivity contribution in [2.45, 2.75) is 13.2 Å². The molecule has 0 spiro atoms. The third-order valence-corrected chi connectivity index (χ3v) is 2.49. The molecule has 72 valence electrons. The molecule has 0 aliphatic carbocycles. The summed E-state index contributed by atoms with van der Waals surface area (Å²) in [4.78, 5) is 0. The second-order valence-electron chi connectivity index (χ2n) is 3.29. The van der Waals surface area contributed by atoms with Crippen LogP contribution in [0.5, 0.6) is 0 Å². The molecule has 0 atom stereocenters. The van der Waals surface area contributed by atoms with Crippen LogP contribution in [-0.2, 0) is 13.2 Å². The van der Waals surface area contributed by atoms with Gasteiger partial charge in [-0.05, 0) is 21.9 Å². The van der Waals surface area contributed by atoms with E-state index in [1.807, 2.05) is 36.4 Å². The second kappa shape index (κ2) is 3.78. The summed E-state index contributed by atoms with van der Waals surface area (Å²) in [6.07, 6.45) is 0. The lowest BCUT2D eigenvalue weighted by Crippen LogP contribution is -1.98. The Morgan fingerprint density at radius 3 is 2.07 bits per heavy atom. The fraction of sp³-hybridized carbons (Fsp3) is 0.167. The zero-order valence-corrected chi connectivity index (χ0v) is 7.90. The lowest BCUT2D eigenvalue weighted by molar-refractivity contribution is 0.283. The number of nitrogens with two attached hydrogens (primary N) is 1. The number of benzene rings is 2. The molecule has 0 radical (unpaired) electrons. The highest BCUT2D eigenvalue weighted by Crippen LogP contribution is 2.22. The van der Waals surface area contributed by atoms with E-state index >= 15 is 0 Å². The van der Waals surface area contributed by atoms with E-state index < -0.39 is 0 Å². The highest BCUT2D eigenvalue weighted by Gasteiger charge is 2.02. The minimum Gasteiger partial charge on any atom is -0.392 e. The Balaban J connectivity index is 2.78. The first-order valence-electron chi connectivity index (χ1n) is 4.67. The molecule has 0 aromatic heterocycles. The van der Waals surface area contributed by atoms with Crippen molar-refractivity contribution >= 4 is 10.8 Å². The fourth-order valence-corrected chi connectivity index (χ4v) is 1.74. The van der Waals surface area contributed by atoms with Crippen molar-refractivity contribution < 1.29 is 5.11 Å². The molecular weight excluding hydrogens is 174 g/mol. The molecule has 0 aliphatic rings. The van der Waals surface area contributed by atoms with E-state index in [0.717, 1.165) is 21.9 Å². The van der Waals surface area contributed by atoms with Gasteiger partial charge in [-0.3, -0.25) is 0 Å². The molecule has 2 heteroatoms. The summed E-state index contributed by atoms with van der Waals surface area (Å²) in [7, 11) is 0. The minimum atomic E-state index is 0.0748. The molecule has 0 fully saturated rings. The molecule has 14 heavy (non-hydrogen) atoms. The summed E-state index contributed by atoms with van der Waals surface area (Å²) in [6.45, 7) is 0.609. The van der Waals surface area contributed by atoms with Crippen molar-refractivity contribution in [3.63, 3.8) is 0 Å². The molecule has 0 heterocycles. The predicted octanol–water partition coefficient (Wildman–Crippen LogP) is 1.79. The van der Waals surface area contributed by atoms with Gasteiger partial charge in [0.05, 0.1) is 6.61 Å². The van der Waals surface area contributed by atoms with Gasteiger partial charge in [-0.2, -0.15) is 0 Å². The van der Waals surface area contributed by atoms with Crippen LogP contribution in [0.3, 0.4) is 0 Å². The van der Waals surface area contributed by atoms with Gasteiger partial charge in [0.2, 0.25) is 0 Å². The number of hydrogen-bond donors (Lipinski definition) is 2. The lowest BCUT2D eigenvalue weighted by Gasteiger charge is -2.07. The molecule has 2 nitrogen and oxygen atoms in total. The van der Waals surface area contributed by atoms with Crippen molar-refractivity contribution in [2.75, 3.05) is 0 Å². The van der Waals surface area contributed by atoms with Gasteiger partial charge < -0.3 is 10.8 Å². The van der Waals surface area contributed by atoms with Crippen LogP contribution in [0.2, 0.25) is 0 Å². The van der Waals surface area contributed by atoms with Crippen LogP contribution in [0.1, 0.15) is 11.1 Å². The monoisotopic (exact) mass is 187 g/mol. The fourth-order valence-electron chi connectivity index (χ4n) is 1.74. The van der Waals surface area contributed by atoms with Gasteiger partial charge in [0.25, 0.3) is 0 Å². The highest BCUT2D eigenvalue weighted by atomic mass is 16.3. The van der Waals surface area contributed by atoms with Gasteiger partial charge in [-0.15, -0.1) is 0 Å². The maximum Gasteiger partial charge on any atom is 0.0687 e. The number of fused-ring (bicyclic) bond motifs is 1. The first-order valence-corrected chi connectivity index (χ1v) is 4.67. The zero-order valence-electron chi connectivity index (χ0n) is 7.90. The summed E-state index contributed by atoms with van der Waals surface area (Å²) in [6, 6.07) is 11.9. The molecule has 3 N–H and O–H groups in total. The Morgan fingerprint density at radius 2 is 1.50 bits per heavy atom. The van der Waals surface area contributed by atoms with Crippen molar-refractivity contribution in [3.8, 4) is 0 Å². The largest absolute Gasteiger partial charge is 0.392 e.